The molecule has 4 heteroatoms. The maximum Gasteiger partial charge on any atom is 0.123 e. The van der Waals surface area contributed by atoms with Gasteiger partial charge in [-0.25, -0.2) is 4.98 Å². The van der Waals surface area contributed by atoms with Crippen molar-refractivity contribution in [2.45, 2.75) is 38.6 Å². The second-order valence-corrected chi connectivity index (χ2v) is 5.41. The average Bonchev–Trinajstić information content (AvgIpc) is 2.89. The molecule has 2 rings (SSSR count). The minimum absolute atomic E-state index is 0.508. The first-order valence-electron chi connectivity index (χ1n) is 7.29. The van der Waals surface area contributed by atoms with Gasteiger partial charge in [0.1, 0.15) is 5.82 Å². The lowest BCUT2D eigenvalue weighted by atomic mass is 9.94. The van der Waals surface area contributed by atoms with Crippen molar-refractivity contribution in [3.05, 3.63) is 23.9 Å². The fraction of sp³-hybridized carbons (Fsp3) is 0.667. The number of nitrogens with two attached hydrogens (primary N) is 1. The summed E-state index contributed by atoms with van der Waals surface area (Å²) in [6, 6.07) is 4.54. The third-order valence-electron chi connectivity index (χ3n) is 3.65. The molecule has 1 fully saturated rings. The molecule has 2 atom stereocenters. The van der Waals surface area contributed by atoms with Gasteiger partial charge in [0.25, 0.3) is 0 Å². The van der Waals surface area contributed by atoms with Gasteiger partial charge in [-0.15, -0.1) is 0 Å². The van der Waals surface area contributed by atoms with Gasteiger partial charge in [0.2, 0.25) is 0 Å². The van der Waals surface area contributed by atoms with Gasteiger partial charge in [-0.2, -0.15) is 0 Å². The largest absolute Gasteiger partial charge is 0.384 e. The molecule has 19 heavy (non-hydrogen) atoms. The first kappa shape index (κ1) is 14.3. The molecule has 2 unspecified atom stereocenters. The zero-order chi connectivity index (χ0) is 13.5. The van der Waals surface area contributed by atoms with Crippen LogP contribution in [0.3, 0.4) is 0 Å². The van der Waals surface area contributed by atoms with Crippen LogP contribution in [0.1, 0.15) is 31.7 Å². The maximum absolute atomic E-state index is 5.75. The van der Waals surface area contributed by atoms with E-state index in [4.69, 9.17) is 10.5 Å². The van der Waals surface area contributed by atoms with Crippen molar-refractivity contribution in [3.63, 3.8) is 0 Å². The van der Waals surface area contributed by atoms with Crippen molar-refractivity contribution in [3.8, 4) is 0 Å². The molecule has 1 aromatic rings. The molecular formula is C15H25N3O. The van der Waals surface area contributed by atoms with E-state index in [9.17, 15) is 0 Å². The van der Waals surface area contributed by atoms with E-state index in [1.165, 1.54) is 18.4 Å². The van der Waals surface area contributed by atoms with Crippen LogP contribution in [-0.4, -0.2) is 30.8 Å². The molecule has 1 aliphatic heterocycles. The minimum atomic E-state index is 0.508. The van der Waals surface area contributed by atoms with Crippen LogP contribution in [-0.2, 0) is 11.2 Å². The summed E-state index contributed by atoms with van der Waals surface area (Å²) < 4.78 is 5.47. The minimum Gasteiger partial charge on any atom is -0.384 e. The lowest BCUT2D eigenvalue weighted by Crippen LogP contribution is -2.34. The van der Waals surface area contributed by atoms with Crippen molar-refractivity contribution in [2.75, 3.05) is 25.5 Å². The van der Waals surface area contributed by atoms with E-state index in [1.807, 2.05) is 6.07 Å². The van der Waals surface area contributed by atoms with Crippen molar-refractivity contribution >= 4 is 5.82 Å². The molecule has 0 aliphatic carbocycles. The van der Waals surface area contributed by atoms with Crippen LogP contribution in [0.25, 0.3) is 0 Å². The van der Waals surface area contributed by atoms with Crippen LogP contribution in [0, 0.1) is 5.92 Å². The Balaban J connectivity index is 1.92. The number of nitrogens with one attached hydrogen (secondary N) is 1. The second-order valence-electron chi connectivity index (χ2n) is 5.41. The van der Waals surface area contributed by atoms with Gasteiger partial charge in [-0.1, -0.05) is 6.92 Å². The maximum atomic E-state index is 5.75. The van der Waals surface area contributed by atoms with Gasteiger partial charge in [0.05, 0.1) is 0 Å². The van der Waals surface area contributed by atoms with E-state index in [0.29, 0.717) is 17.8 Å². The molecule has 2 heterocycles. The quantitative estimate of drug-likeness (QED) is 0.790. The molecule has 0 spiro atoms. The fourth-order valence-electron chi connectivity index (χ4n) is 2.66. The Hall–Kier alpha value is -1.13. The number of hydrogen-bond donors (Lipinski definition) is 2. The summed E-state index contributed by atoms with van der Waals surface area (Å²) >= 11 is 0. The van der Waals surface area contributed by atoms with Crippen molar-refractivity contribution in [2.24, 2.45) is 5.92 Å². The number of pyridine rings is 1. The highest BCUT2D eigenvalue weighted by atomic mass is 16.5. The Morgan fingerprint density at radius 1 is 1.58 bits per heavy atom. The predicted octanol–water partition coefficient (Wildman–Crippen LogP) is 2.00. The van der Waals surface area contributed by atoms with E-state index < -0.39 is 0 Å². The first-order chi connectivity index (χ1) is 9.28. The van der Waals surface area contributed by atoms with E-state index in [2.05, 4.69) is 23.3 Å². The van der Waals surface area contributed by atoms with Crippen LogP contribution in [0.15, 0.2) is 18.3 Å². The number of nitrogen functional groups attached to an aromatic ring is 1. The Bertz CT molecular complexity index is 377. The van der Waals surface area contributed by atoms with Crippen LogP contribution >= 0.6 is 0 Å². The molecule has 0 amide bonds. The number of ether oxygens (including phenoxy) is 1. The SMILES string of the molecule is CCCNC(Cc1ccnc(N)c1)CC1CCOC1. The molecule has 4 nitrogen and oxygen atoms in total. The van der Waals surface area contributed by atoms with Crippen molar-refractivity contribution in [1.29, 1.82) is 0 Å². The highest BCUT2D eigenvalue weighted by Crippen LogP contribution is 2.20. The lowest BCUT2D eigenvalue weighted by molar-refractivity contribution is 0.181. The van der Waals surface area contributed by atoms with E-state index in [-0.39, 0.29) is 0 Å². The number of anilines is 1. The van der Waals surface area contributed by atoms with E-state index in [0.717, 1.165) is 32.6 Å². The summed E-state index contributed by atoms with van der Waals surface area (Å²) in [5.74, 6) is 1.31. The van der Waals surface area contributed by atoms with Crippen molar-refractivity contribution < 1.29 is 4.74 Å². The number of rotatable bonds is 7. The molecule has 0 saturated carbocycles. The molecule has 0 aromatic carbocycles. The van der Waals surface area contributed by atoms with E-state index >= 15 is 0 Å². The number of hydrogen-bond acceptors (Lipinski definition) is 4. The number of nitrogens with zero attached hydrogens (tertiary/aromatic N) is 1. The monoisotopic (exact) mass is 263 g/mol. The van der Waals surface area contributed by atoms with Gasteiger partial charge in [-0.3, -0.25) is 0 Å². The Morgan fingerprint density at radius 3 is 3.16 bits per heavy atom. The Kier molecular flexibility index (Phi) is 5.61. The fourth-order valence-corrected chi connectivity index (χ4v) is 2.66. The molecule has 106 valence electrons. The molecule has 0 radical (unpaired) electrons. The zero-order valence-electron chi connectivity index (χ0n) is 11.8. The van der Waals surface area contributed by atoms with Crippen LogP contribution < -0.4 is 11.1 Å². The third kappa shape index (κ3) is 4.80. The normalized spacial score (nSPS) is 20.6. The summed E-state index contributed by atoms with van der Waals surface area (Å²) in [6.07, 6.45) is 6.35. The van der Waals surface area contributed by atoms with Gasteiger partial charge in [-0.05, 0) is 55.8 Å². The summed E-state index contributed by atoms with van der Waals surface area (Å²) in [6.45, 7) is 5.11. The van der Waals surface area contributed by atoms with Crippen molar-refractivity contribution in [1.82, 2.24) is 10.3 Å². The van der Waals surface area contributed by atoms with Gasteiger partial charge < -0.3 is 15.8 Å². The molecule has 1 aromatic heterocycles. The highest BCUT2D eigenvalue weighted by Gasteiger charge is 2.20. The van der Waals surface area contributed by atoms with Crippen LogP contribution in [0.2, 0.25) is 0 Å². The summed E-state index contributed by atoms with van der Waals surface area (Å²) in [5.41, 5.74) is 7.01. The van der Waals surface area contributed by atoms with Crippen LogP contribution in [0.4, 0.5) is 5.82 Å². The summed E-state index contributed by atoms with van der Waals surface area (Å²) in [4.78, 5) is 4.05. The van der Waals surface area contributed by atoms with Gasteiger partial charge in [0.15, 0.2) is 0 Å². The van der Waals surface area contributed by atoms with Gasteiger partial charge in [0, 0.05) is 25.5 Å². The molecule has 3 N–H and O–H groups in total. The molecule has 1 saturated heterocycles. The molecule has 0 bridgehead atoms. The Labute approximate surface area is 115 Å². The van der Waals surface area contributed by atoms with Crippen LogP contribution in [0.5, 0.6) is 0 Å². The predicted molar refractivity (Wildman–Crippen MR) is 78.0 cm³/mol. The highest BCUT2D eigenvalue weighted by molar-refractivity contribution is 5.32. The number of aromatic nitrogens is 1. The van der Waals surface area contributed by atoms with E-state index in [1.54, 1.807) is 6.20 Å². The average molecular weight is 263 g/mol. The zero-order valence-corrected chi connectivity index (χ0v) is 11.8. The molecule has 1 aliphatic rings. The third-order valence-corrected chi connectivity index (χ3v) is 3.65. The first-order valence-corrected chi connectivity index (χ1v) is 7.29. The smallest absolute Gasteiger partial charge is 0.123 e. The Morgan fingerprint density at radius 2 is 2.47 bits per heavy atom. The molecular weight excluding hydrogens is 238 g/mol. The standard InChI is InChI=1S/C15H25N3O/c1-2-5-17-14(9-13-4-7-19-11-13)8-12-3-6-18-15(16)10-12/h3,6,10,13-14,17H,2,4-5,7-9,11H2,1H3,(H2,16,18). The second kappa shape index (κ2) is 7.46. The summed E-state index contributed by atoms with van der Waals surface area (Å²) in [5, 5.41) is 3.65. The van der Waals surface area contributed by atoms with Gasteiger partial charge >= 0.3 is 0 Å². The lowest BCUT2D eigenvalue weighted by Gasteiger charge is -2.21. The summed E-state index contributed by atoms with van der Waals surface area (Å²) in [7, 11) is 0. The topological polar surface area (TPSA) is 60.2 Å².